The Kier molecular flexibility index (Phi) is 9.19. The number of carbonyl (C=O) groups is 2. The molecule has 8 aromatic rings. The first-order valence-electron chi connectivity index (χ1n) is 26.9. The molecule has 2 aliphatic heterocycles. The molecule has 5 unspecified atom stereocenters. The number of fused-ring (bicyclic) bond motifs is 12. The Bertz CT molecular complexity index is 4120. The van der Waals surface area contributed by atoms with Crippen molar-refractivity contribution in [1.82, 2.24) is 9.13 Å². The number of hydrogen-bond acceptors (Lipinski definition) is 4. The minimum atomic E-state index is -0.182. The van der Waals surface area contributed by atoms with Crippen molar-refractivity contribution in [2.24, 2.45) is 5.92 Å². The van der Waals surface area contributed by atoms with Crippen molar-refractivity contribution in [3.63, 3.8) is 0 Å². The summed E-state index contributed by atoms with van der Waals surface area (Å²) < 4.78 is 4.89. The average molecular weight is 969 g/mol. The Hall–Kier alpha value is -8.74. The number of benzene rings is 6. The molecule has 5 atom stereocenters. The van der Waals surface area contributed by atoms with Crippen LogP contribution in [0.5, 0.6) is 0 Å². The second-order valence-electron chi connectivity index (χ2n) is 21.5. The normalized spacial score (nSPS) is 23.4. The summed E-state index contributed by atoms with van der Waals surface area (Å²) in [6, 6.07) is 49.8. The molecule has 360 valence electrons. The van der Waals surface area contributed by atoms with Crippen LogP contribution >= 0.6 is 0 Å². The number of Topliss-reactive ketones (excluding diaryl/α,β-unsaturated/α-hetero) is 2. The maximum absolute atomic E-state index is 14.6. The molecular formula is C69H52N4O2. The van der Waals surface area contributed by atoms with Gasteiger partial charge in [0.1, 0.15) is 0 Å². The molecule has 8 aliphatic rings. The molecule has 1 fully saturated rings. The molecule has 1 saturated carbocycles. The lowest BCUT2D eigenvalue weighted by Crippen LogP contribution is -2.37. The van der Waals surface area contributed by atoms with E-state index in [1.807, 2.05) is 36.4 Å². The maximum Gasteiger partial charge on any atom is 0.189 e. The summed E-state index contributed by atoms with van der Waals surface area (Å²) in [4.78, 5) is 34.3. The van der Waals surface area contributed by atoms with E-state index >= 15 is 0 Å². The van der Waals surface area contributed by atoms with E-state index in [4.69, 9.17) is 0 Å². The van der Waals surface area contributed by atoms with Gasteiger partial charge in [0.15, 0.2) is 11.6 Å². The van der Waals surface area contributed by atoms with Crippen LogP contribution in [0.1, 0.15) is 87.0 Å². The predicted octanol–water partition coefficient (Wildman–Crippen LogP) is 15.8. The summed E-state index contributed by atoms with van der Waals surface area (Å²) in [7, 11) is 0. The second-order valence-corrected chi connectivity index (χ2v) is 21.5. The number of hydrogen-bond donors (Lipinski definition) is 0. The smallest absolute Gasteiger partial charge is 0.189 e. The van der Waals surface area contributed by atoms with E-state index in [0.29, 0.717) is 41.7 Å². The molecular weight excluding hydrogens is 917 g/mol. The fourth-order valence-corrected chi connectivity index (χ4v) is 14.6. The number of anilines is 3. The van der Waals surface area contributed by atoms with Gasteiger partial charge in [0.2, 0.25) is 0 Å². The number of carbonyl (C=O) groups excluding carboxylic acids is 2. The van der Waals surface area contributed by atoms with E-state index < -0.39 is 0 Å². The highest BCUT2D eigenvalue weighted by molar-refractivity contribution is 6.20. The number of para-hydroxylation sites is 4. The first-order chi connectivity index (χ1) is 37.0. The van der Waals surface area contributed by atoms with Crippen LogP contribution in [0.3, 0.4) is 0 Å². The Morgan fingerprint density at radius 3 is 1.92 bits per heavy atom. The quantitative estimate of drug-likeness (QED) is 0.142. The minimum Gasteiger partial charge on any atom is -0.334 e. The molecule has 4 heterocycles. The highest BCUT2D eigenvalue weighted by Gasteiger charge is 2.72. The summed E-state index contributed by atoms with van der Waals surface area (Å²) in [6.07, 6.45) is 33.9. The van der Waals surface area contributed by atoms with E-state index in [9.17, 15) is 9.59 Å². The van der Waals surface area contributed by atoms with Crippen LogP contribution in [-0.2, 0) is 6.42 Å². The Balaban J connectivity index is 0.681. The molecule has 0 saturated heterocycles. The van der Waals surface area contributed by atoms with Gasteiger partial charge in [-0.15, -0.1) is 0 Å². The van der Waals surface area contributed by atoms with Gasteiger partial charge < -0.3 is 18.9 Å². The van der Waals surface area contributed by atoms with Crippen molar-refractivity contribution < 1.29 is 9.59 Å². The van der Waals surface area contributed by atoms with Gasteiger partial charge in [-0.2, -0.15) is 0 Å². The number of allylic oxidation sites excluding steroid dienone is 13. The fourth-order valence-electron chi connectivity index (χ4n) is 14.6. The zero-order valence-corrected chi connectivity index (χ0v) is 41.4. The Labute approximate surface area is 435 Å². The van der Waals surface area contributed by atoms with Crippen LogP contribution in [0.15, 0.2) is 229 Å². The minimum absolute atomic E-state index is 0.0675. The van der Waals surface area contributed by atoms with Crippen LogP contribution in [-0.4, -0.2) is 32.3 Å². The van der Waals surface area contributed by atoms with Crippen LogP contribution < -0.4 is 9.80 Å². The van der Waals surface area contributed by atoms with Gasteiger partial charge in [0.05, 0.1) is 28.1 Å². The number of aromatic nitrogens is 2. The number of ketones is 2. The van der Waals surface area contributed by atoms with Crippen molar-refractivity contribution in [1.29, 1.82) is 0 Å². The molecule has 0 N–H and O–H groups in total. The van der Waals surface area contributed by atoms with E-state index in [-0.39, 0.29) is 23.1 Å². The Morgan fingerprint density at radius 1 is 0.547 bits per heavy atom. The van der Waals surface area contributed by atoms with Crippen LogP contribution in [0.25, 0.3) is 50.2 Å². The zero-order valence-electron chi connectivity index (χ0n) is 41.4. The van der Waals surface area contributed by atoms with Gasteiger partial charge in [-0.1, -0.05) is 158 Å². The molecule has 16 rings (SSSR count). The molecule has 1 spiro atoms. The van der Waals surface area contributed by atoms with Gasteiger partial charge in [-0.05, 0) is 110 Å². The van der Waals surface area contributed by atoms with Gasteiger partial charge in [-0.3, -0.25) is 9.59 Å². The molecule has 0 bridgehead atoms. The molecule has 0 amide bonds. The summed E-state index contributed by atoms with van der Waals surface area (Å²) in [5, 5.41) is 3.79. The summed E-state index contributed by atoms with van der Waals surface area (Å²) in [5.41, 5.74) is 18.6. The monoisotopic (exact) mass is 968 g/mol. The second kappa shape index (κ2) is 16.1. The molecule has 6 nitrogen and oxygen atoms in total. The zero-order chi connectivity index (χ0) is 49.5. The van der Waals surface area contributed by atoms with Crippen molar-refractivity contribution in [2.75, 3.05) is 9.80 Å². The van der Waals surface area contributed by atoms with Crippen LogP contribution in [0.2, 0.25) is 0 Å². The van der Waals surface area contributed by atoms with Gasteiger partial charge in [-0.25, -0.2) is 0 Å². The maximum atomic E-state index is 14.6. The molecule has 6 aromatic carbocycles. The predicted molar refractivity (Wildman–Crippen MR) is 306 cm³/mol. The summed E-state index contributed by atoms with van der Waals surface area (Å²) in [5.74, 6) is 0.856. The van der Waals surface area contributed by atoms with Crippen LogP contribution in [0, 0.1) is 5.92 Å². The largest absolute Gasteiger partial charge is 0.334 e. The SMILES string of the molecule is O=C(C1=CC=C(N2c3ccccc3C3C4C=C(n5c6ccccc6c6ccccc65)C=CC432)CC1)c1ccccc1C(=O)C1=CC=C(n2c3c(c4cc(N5c6ccccc6C6C=CC=CC65)ccc42)C=CCC3)CC1. The number of rotatable bonds is 8. The number of nitrogens with zero attached hydrogens (tertiary/aromatic N) is 4. The van der Waals surface area contributed by atoms with Crippen molar-refractivity contribution in [2.45, 2.75) is 61.9 Å². The average Bonchev–Trinajstić information content (AvgIpc) is 4.00. The molecule has 75 heavy (non-hydrogen) atoms. The first kappa shape index (κ1) is 42.7. The van der Waals surface area contributed by atoms with Crippen molar-refractivity contribution in [3.8, 4) is 0 Å². The fraction of sp³-hybridized carbons (Fsp3) is 0.159. The summed E-state index contributed by atoms with van der Waals surface area (Å²) >= 11 is 0. The van der Waals surface area contributed by atoms with Gasteiger partial charge in [0.25, 0.3) is 0 Å². The highest BCUT2D eigenvalue weighted by Crippen LogP contribution is 2.72. The third-order valence-electron chi connectivity index (χ3n) is 17.9. The van der Waals surface area contributed by atoms with Crippen molar-refractivity contribution >= 4 is 78.8 Å². The third-order valence-corrected chi connectivity index (χ3v) is 17.9. The van der Waals surface area contributed by atoms with E-state index in [0.717, 1.165) is 36.8 Å². The van der Waals surface area contributed by atoms with E-state index in [1.165, 1.54) is 89.2 Å². The van der Waals surface area contributed by atoms with Crippen LogP contribution in [0.4, 0.5) is 17.1 Å². The standard InChI is InChI=1S/C69H52N4O2/c74-67(43-29-33-45(34-30-43)70-63-27-13-7-19-53(63)57-41-47(37-38-64(57)70)71-59-23-9-3-15-49(59)50-16-4-10-24-60(50)71)54-20-1-2-21-55(54)68(75)44-31-35-46(36-32-44)73-65-28-14-8-22-56(65)66-58-42-48(39-40-69(58,66)73)72-61-25-11-5-17-51(61)52-18-6-12-26-62(52)72/h1-12,14-26,28-29,31,33,35,37-42,49,58-59,66H,13,27,30,32,34,36H2. The molecule has 2 aromatic heterocycles. The molecule has 0 radical (unpaired) electrons. The lowest BCUT2D eigenvalue weighted by atomic mass is 9.87. The first-order valence-corrected chi connectivity index (χ1v) is 26.9. The Morgan fingerprint density at radius 2 is 1.19 bits per heavy atom. The lowest BCUT2D eigenvalue weighted by Gasteiger charge is -2.35. The van der Waals surface area contributed by atoms with Crippen molar-refractivity contribution in [3.05, 3.63) is 263 Å². The van der Waals surface area contributed by atoms with Gasteiger partial charge in [0, 0.05) is 102 Å². The molecule has 6 heteroatoms. The van der Waals surface area contributed by atoms with E-state index in [2.05, 4.69) is 201 Å². The van der Waals surface area contributed by atoms with E-state index in [1.54, 1.807) is 0 Å². The highest BCUT2D eigenvalue weighted by atomic mass is 16.1. The lowest BCUT2D eigenvalue weighted by molar-refractivity contribution is 0.0995. The molecule has 6 aliphatic carbocycles. The third kappa shape index (κ3) is 6.08. The topological polar surface area (TPSA) is 50.5 Å². The van der Waals surface area contributed by atoms with Gasteiger partial charge >= 0.3 is 0 Å². The summed E-state index contributed by atoms with van der Waals surface area (Å²) in [6.45, 7) is 0.